The normalized spacial score (nSPS) is 22.4. The van der Waals surface area contributed by atoms with Crippen LogP contribution in [0.5, 0.6) is 11.5 Å². The molecule has 1 aliphatic heterocycles. The van der Waals surface area contributed by atoms with Crippen LogP contribution in [0.4, 0.5) is 0 Å². The van der Waals surface area contributed by atoms with Crippen molar-refractivity contribution in [3.8, 4) is 11.5 Å². The second-order valence-electron chi connectivity index (χ2n) is 5.28. The topological polar surface area (TPSA) is 27.7 Å². The minimum absolute atomic E-state index is 0.402. The molecule has 0 saturated heterocycles. The van der Waals surface area contributed by atoms with E-state index in [2.05, 4.69) is 25.1 Å². The van der Waals surface area contributed by atoms with Crippen molar-refractivity contribution in [1.29, 1.82) is 0 Å². The van der Waals surface area contributed by atoms with Crippen molar-refractivity contribution >= 4 is 0 Å². The lowest BCUT2D eigenvalue weighted by atomic mass is 10.1. The molecule has 0 aromatic heterocycles. The van der Waals surface area contributed by atoms with Crippen molar-refractivity contribution in [1.82, 2.24) is 0 Å². The maximum atomic E-state index is 5.94. The van der Waals surface area contributed by atoms with E-state index in [1.165, 1.54) is 5.56 Å². The molecule has 1 aliphatic rings. The first kappa shape index (κ1) is 14.9. The molecule has 3 nitrogen and oxygen atoms in total. The molecule has 0 amide bonds. The molecule has 1 aromatic carbocycles. The van der Waals surface area contributed by atoms with Gasteiger partial charge >= 0.3 is 0 Å². The summed E-state index contributed by atoms with van der Waals surface area (Å²) in [6.07, 6.45) is 7.43. The molecule has 0 aliphatic carbocycles. The Kier molecular flexibility index (Phi) is 5.93. The van der Waals surface area contributed by atoms with Gasteiger partial charge in [-0.3, -0.25) is 0 Å². The quantitative estimate of drug-likeness (QED) is 0.733. The van der Waals surface area contributed by atoms with Gasteiger partial charge in [-0.25, -0.2) is 0 Å². The third kappa shape index (κ3) is 4.57. The van der Waals surface area contributed by atoms with Gasteiger partial charge in [-0.2, -0.15) is 0 Å². The number of rotatable bonds is 1. The third-order valence-electron chi connectivity index (χ3n) is 3.36. The summed E-state index contributed by atoms with van der Waals surface area (Å²) in [6.45, 7) is 4.43. The van der Waals surface area contributed by atoms with Crippen LogP contribution in [-0.4, -0.2) is 26.9 Å². The highest BCUT2D eigenvalue weighted by Gasteiger charge is 2.08. The van der Waals surface area contributed by atoms with Crippen molar-refractivity contribution < 1.29 is 14.2 Å². The molecule has 0 spiro atoms. The first-order chi connectivity index (χ1) is 9.79. The summed E-state index contributed by atoms with van der Waals surface area (Å²) in [6, 6.07) is 6.00. The monoisotopic (exact) mass is 276 g/mol. The van der Waals surface area contributed by atoms with Crippen LogP contribution < -0.4 is 9.47 Å². The molecule has 0 saturated carbocycles. The van der Waals surface area contributed by atoms with E-state index in [1.807, 2.05) is 12.1 Å². The minimum atomic E-state index is 0.402. The van der Waals surface area contributed by atoms with Crippen LogP contribution in [0.3, 0.4) is 0 Å². The standard InChI is InChI=1S/C17H24O3/c1-14-12-19-10-6-4-3-5-7-15-11-16(18-2)8-9-17(15)20-13-14/h3,5,8-9,11,14H,4,6-7,10,12-13H2,1-2H3/b5-3+. The Morgan fingerprint density at radius 1 is 1.20 bits per heavy atom. The summed E-state index contributed by atoms with van der Waals surface area (Å²) in [5.41, 5.74) is 1.17. The smallest absolute Gasteiger partial charge is 0.123 e. The number of methoxy groups -OCH3 is 1. The average Bonchev–Trinajstić information content (AvgIpc) is 2.49. The third-order valence-corrected chi connectivity index (χ3v) is 3.36. The lowest BCUT2D eigenvalue weighted by Gasteiger charge is -2.16. The summed E-state index contributed by atoms with van der Waals surface area (Å²) in [4.78, 5) is 0. The Morgan fingerprint density at radius 3 is 2.95 bits per heavy atom. The van der Waals surface area contributed by atoms with Gasteiger partial charge in [0.25, 0.3) is 0 Å². The van der Waals surface area contributed by atoms with Crippen LogP contribution in [-0.2, 0) is 11.2 Å². The van der Waals surface area contributed by atoms with Gasteiger partial charge in [0, 0.05) is 18.1 Å². The van der Waals surface area contributed by atoms with E-state index >= 15 is 0 Å². The Bertz CT molecular complexity index is 440. The highest BCUT2D eigenvalue weighted by Crippen LogP contribution is 2.25. The van der Waals surface area contributed by atoms with E-state index in [4.69, 9.17) is 14.2 Å². The van der Waals surface area contributed by atoms with Crippen LogP contribution in [0.1, 0.15) is 25.3 Å². The Labute approximate surface area is 121 Å². The predicted octanol–water partition coefficient (Wildman–Crippen LogP) is 3.62. The fourth-order valence-electron chi connectivity index (χ4n) is 2.18. The van der Waals surface area contributed by atoms with Crippen molar-refractivity contribution in [2.75, 3.05) is 26.9 Å². The van der Waals surface area contributed by atoms with Crippen LogP contribution in [0.25, 0.3) is 0 Å². The molecule has 0 bridgehead atoms. The maximum absolute atomic E-state index is 5.94. The Hall–Kier alpha value is -1.48. The number of benzene rings is 1. The molecule has 0 fully saturated rings. The molecule has 0 N–H and O–H groups in total. The molecule has 1 aromatic rings. The summed E-state index contributed by atoms with van der Waals surface area (Å²) in [7, 11) is 1.69. The molecule has 1 atom stereocenters. The molecule has 20 heavy (non-hydrogen) atoms. The van der Waals surface area contributed by atoms with Crippen molar-refractivity contribution in [3.05, 3.63) is 35.9 Å². The highest BCUT2D eigenvalue weighted by molar-refractivity contribution is 5.41. The van der Waals surface area contributed by atoms with Gasteiger partial charge < -0.3 is 14.2 Å². The van der Waals surface area contributed by atoms with Crippen molar-refractivity contribution in [2.45, 2.75) is 26.2 Å². The van der Waals surface area contributed by atoms with Gasteiger partial charge in [0.05, 0.1) is 20.3 Å². The first-order valence-corrected chi connectivity index (χ1v) is 7.32. The summed E-state index contributed by atoms with van der Waals surface area (Å²) >= 11 is 0. The highest BCUT2D eigenvalue weighted by atomic mass is 16.5. The first-order valence-electron chi connectivity index (χ1n) is 7.32. The fourth-order valence-corrected chi connectivity index (χ4v) is 2.18. The molecule has 1 unspecified atom stereocenters. The van der Waals surface area contributed by atoms with Gasteiger partial charge in [0.2, 0.25) is 0 Å². The lowest BCUT2D eigenvalue weighted by Crippen LogP contribution is -2.15. The summed E-state index contributed by atoms with van der Waals surface area (Å²) < 4.78 is 16.9. The van der Waals surface area contributed by atoms with Crippen LogP contribution in [0, 0.1) is 5.92 Å². The SMILES string of the molecule is COc1ccc2c(c1)C/C=C/CCCOCC(C)CO2. The number of fused-ring (bicyclic) bond motifs is 1. The van der Waals surface area contributed by atoms with Gasteiger partial charge in [0.1, 0.15) is 11.5 Å². The molecule has 110 valence electrons. The predicted molar refractivity (Wildman–Crippen MR) is 80.6 cm³/mol. The van der Waals surface area contributed by atoms with Gasteiger partial charge in [0.15, 0.2) is 0 Å². The van der Waals surface area contributed by atoms with E-state index in [-0.39, 0.29) is 0 Å². The zero-order valence-corrected chi connectivity index (χ0v) is 12.4. The number of hydrogen-bond acceptors (Lipinski definition) is 3. The Balaban J connectivity index is 2.14. The maximum Gasteiger partial charge on any atom is 0.123 e. The zero-order valence-electron chi connectivity index (χ0n) is 12.4. The molecule has 0 radical (unpaired) electrons. The lowest BCUT2D eigenvalue weighted by molar-refractivity contribution is 0.0837. The number of allylic oxidation sites excluding steroid dienone is 2. The number of ether oxygens (including phenoxy) is 3. The van der Waals surface area contributed by atoms with Gasteiger partial charge in [-0.1, -0.05) is 19.1 Å². The molecule has 2 rings (SSSR count). The summed E-state index contributed by atoms with van der Waals surface area (Å²) in [5.74, 6) is 2.22. The van der Waals surface area contributed by atoms with E-state index in [9.17, 15) is 0 Å². The van der Waals surface area contributed by atoms with E-state index in [1.54, 1.807) is 7.11 Å². The zero-order chi connectivity index (χ0) is 14.2. The van der Waals surface area contributed by atoms with E-state index in [0.717, 1.165) is 44.0 Å². The Morgan fingerprint density at radius 2 is 2.10 bits per heavy atom. The van der Waals surface area contributed by atoms with Crippen molar-refractivity contribution in [2.24, 2.45) is 5.92 Å². The largest absolute Gasteiger partial charge is 0.497 e. The second kappa shape index (κ2) is 7.95. The van der Waals surface area contributed by atoms with E-state index in [0.29, 0.717) is 12.5 Å². The minimum Gasteiger partial charge on any atom is -0.497 e. The van der Waals surface area contributed by atoms with E-state index < -0.39 is 0 Å². The average molecular weight is 276 g/mol. The summed E-state index contributed by atoms with van der Waals surface area (Å²) in [5, 5.41) is 0. The molecular formula is C17H24O3. The number of hydrogen-bond donors (Lipinski definition) is 0. The van der Waals surface area contributed by atoms with Crippen LogP contribution >= 0.6 is 0 Å². The fraction of sp³-hybridized carbons (Fsp3) is 0.529. The molecule has 3 heteroatoms. The van der Waals surface area contributed by atoms with Crippen molar-refractivity contribution in [3.63, 3.8) is 0 Å². The van der Waals surface area contributed by atoms with Crippen LogP contribution in [0.15, 0.2) is 30.4 Å². The van der Waals surface area contributed by atoms with Gasteiger partial charge in [-0.15, -0.1) is 0 Å². The van der Waals surface area contributed by atoms with Crippen LogP contribution in [0.2, 0.25) is 0 Å². The second-order valence-corrected chi connectivity index (χ2v) is 5.28. The molecular weight excluding hydrogens is 252 g/mol. The molecule has 1 heterocycles. The van der Waals surface area contributed by atoms with Gasteiger partial charge in [-0.05, 0) is 37.5 Å².